The predicted molar refractivity (Wildman–Crippen MR) is 74.7 cm³/mol. The lowest BCUT2D eigenvalue weighted by molar-refractivity contribution is 0.0634. The van der Waals surface area contributed by atoms with Crippen molar-refractivity contribution in [3.8, 4) is 0 Å². The molecule has 110 valence electrons. The first kappa shape index (κ1) is 14.5. The van der Waals surface area contributed by atoms with E-state index in [4.69, 9.17) is 4.74 Å². The van der Waals surface area contributed by atoms with E-state index >= 15 is 0 Å². The average molecular weight is 280 g/mol. The molecule has 1 aromatic heterocycles. The van der Waals surface area contributed by atoms with Crippen molar-refractivity contribution < 1.29 is 14.6 Å². The Kier molecular flexibility index (Phi) is 4.08. The highest BCUT2D eigenvalue weighted by atomic mass is 16.6. The smallest absolute Gasteiger partial charge is 0.414 e. The summed E-state index contributed by atoms with van der Waals surface area (Å²) in [5.74, 6) is 0.876. The van der Waals surface area contributed by atoms with Crippen LogP contribution in [0, 0.1) is 0 Å². The van der Waals surface area contributed by atoms with E-state index in [0.717, 1.165) is 13.0 Å². The van der Waals surface area contributed by atoms with Crippen molar-refractivity contribution in [3.05, 3.63) is 12.3 Å². The Bertz CT molecular complexity index is 487. The third-order valence-corrected chi connectivity index (χ3v) is 2.74. The van der Waals surface area contributed by atoms with Gasteiger partial charge in [-0.15, -0.1) is 0 Å². The number of nitrogens with one attached hydrogen (secondary N) is 1. The van der Waals surface area contributed by atoms with Gasteiger partial charge in [-0.2, -0.15) is 4.98 Å². The largest absolute Gasteiger partial charge is 0.444 e. The highest BCUT2D eigenvalue weighted by molar-refractivity contribution is 5.82. The highest BCUT2D eigenvalue weighted by Gasteiger charge is 2.22. The molecule has 0 bridgehead atoms. The van der Waals surface area contributed by atoms with Crippen molar-refractivity contribution in [2.24, 2.45) is 0 Å². The van der Waals surface area contributed by atoms with Gasteiger partial charge in [0, 0.05) is 19.3 Å². The van der Waals surface area contributed by atoms with Crippen molar-refractivity contribution in [2.75, 3.05) is 23.3 Å². The molecule has 0 aliphatic carbocycles. The number of aliphatic hydroxyl groups excluding tert-OH is 1. The third kappa shape index (κ3) is 4.06. The summed E-state index contributed by atoms with van der Waals surface area (Å²) in [4.78, 5) is 21.8. The minimum Gasteiger partial charge on any atom is -0.444 e. The molecule has 0 saturated carbocycles. The Morgan fingerprint density at radius 1 is 1.55 bits per heavy atom. The first-order valence-corrected chi connectivity index (χ1v) is 6.59. The zero-order valence-corrected chi connectivity index (χ0v) is 12.0. The Morgan fingerprint density at radius 2 is 2.30 bits per heavy atom. The summed E-state index contributed by atoms with van der Waals surface area (Å²) in [7, 11) is 0. The monoisotopic (exact) mass is 280 g/mol. The van der Waals surface area contributed by atoms with Crippen LogP contribution in [-0.4, -0.2) is 46.0 Å². The maximum Gasteiger partial charge on any atom is 0.414 e. The molecule has 1 fully saturated rings. The van der Waals surface area contributed by atoms with E-state index in [0.29, 0.717) is 12.4 Å². The number of nitrogens with zero attached hydrogens (tertiary/aromatic N) is 3. The van der Waals surface area contributed by atoms with E-state index in [1.165, 1.54) is 0 Å². The zero-order chi connectivity index (χ0) is 14.8. The van der Waals surface area contributed by atoms with E-state index < -0.39 is 11.7 Å². The van der Waals surface area contributed by atoms with Gasteiger partial charge >= 0.3 is 6.09 Å². The molecular weight excluding hydrogens is 260 g/mol. The summed E-state index contributed by atoms with van der Waals surface area (Å²) in [5, 5.41) is 12.0. The summed E-state index contributed by atoms with van der Waals surface area (Å²) in [6.07, 6.45) is 1.38. The molecular formula is C13H20N4O3. The molecule has 1 atom stereocenters. The molecule has 1 amide bonds. The third-order valence-electron chi connectivity index (χ3n) is 2.74. The van der Waals surface area contributed by atoms with Crippen LogP contribution in [0.5, 0.6) is 0 Å². The lowest BCUT2D eigenvalue weighted by atomic mass is 10.2. The van der Waals surface area contributed by atoms with Gasteiger partial charge in [0.2, 0.25) is 5.95 Å². The first-order chi connectivity index (χ1) is 9.33. The van der Waals surface area contributed by atoms with Gasteiger partial charge in [0.1, 0.15) is 11.4 Å². The number of anilines is 2. The van der Waals surface area contributed by atoms with Crippen molar-refractivity contribution in [3.63, 3.8) is 0 Å². The van der Waals surface area contributed by atoms with Gasteiger partial charge in [0.15, 0.2) is 0 Å². The van der Waals surface area contributed by atoms with Crippen molar-refractivity contribution >= 4 is 17.9 Å². The zero-order valence-electron chi connectivity index (χ0n) is 12.0. The van der Waals surface area contributed by atoms with Crippen LogP contribution >= 0.6 is 0 Å². The van der Waals surface area contributed by atoms with E-state index in [1.807, 2.05) is 4.90 Å². The van der Waals surface area contributed by atoms with E-state index in [9.17, 15) is 9.90 Å². The van der Waals surface area contributed by atoms with Crippen LogP contribution < -0.4 is 10.2 Å². The maximum atomic E-state index is 11.6. The predicted octanol–water partition coefficient (Wildman–Crippen LogP) is 1.39. The Morgan fingerprint density at radius 3 is 2.90 bits per heavy atom. The van der Waals surface area contributed by atoms with Crippen molar-refractivity contribution in [1.82, 2.24) is 9.97 Å². The summed E-state index contributed by atoms with van der Waals surface area (Å²) in [5.41, 5.74) is -0.569. The van der Waals surface area contributed by atoms with Gasteiger partial charge in [-0.25, -0.2) is 9.78 Å². The van der Waals surface area contributed by atoms with Crippen molar-refractivity contribution in [2.45, 2.75) is 38.9 Å². The molecule has 7 nitrogen and oxygen atoms in total. The lowest BCUT2D eigenvalue weighted by Crippen LogP contribution is -2.28. The van der Waals surface area contributed by atoms with Gasteiger partial charge in [0.05, 0.1) is 6.10 Å². The molecule has 2 rings (SSSR count). The van der Waals surface area contributed by atoms with E-state index in [-0.39, 0.29) is 12.1 Å². The van der Waals surface area contributed by atoms with Crippen LogP contribution in [-0.2, 0) is 4.74 Å². The average Bonchev–Trinajstić information content (AvgIpc) is 2.73. The Hall–Kier alpha value is -1.89. The lowest BCUT2D eigenvalue weighted by Gasteiger charge is -2.20. The van der Waals surface area contributed by atoms with Crippen molar-refractivity contribution in [1.29, 1.82) is 0 Å². The highest BCUT2D eigenvalue weighted by Crippen LogP contribution is 2.18. The van der Waals surface area contributed by atoms with Gasteiger partial charge in [-0.1, -0.05) is 0 Å². The topological polar surface area (TPSA) is 87.6 Å². The van der Waals surface area contributed by atoms with Crippen LogP contribution in [0.25, 0.3) is 0 Å². The Labute approximate surface area is 118 Å². The molecule has 0 radical (unpaired) electrons. The Balaban J connectivity index is 2.01. The molecule has 1 saturated heterocycles. The molecule has 7 heteroatoms. The minimum absolute atomic E-state index is 0.193. The standard InChI is InChI=1S/C13H20N4O3/c1-13(2,3)20-12(19)16-11-14-6-4-10(15-11)17-7-5-9(18)8-17/h4,6,9,18H,5,7-8H2,1-3H3,(H,14,15,16,19). The van der Waals surface area contributed by atoms with Gasteiger partial charge in [0.25, 0.3) is 0 Å². The fourth-order valence-corrected chi connectivity index (χ4v) is 1.93. The number of amides is 1. The number of hydrogen-bond donors (Lipinski definition) is 2. The molecule has 0 spiro atoms. The van der Waals surface area contributed by atoms with Crippen LogP contribution in [0.4, 0.5) is 16.6 Å². The second-order valence-electron chi connectivity index (χ2n) is 5.75. The quantitative estimate of drug-likeness (QED) is 0.851. The molecule has 2 N–H and O–H groups in total. The van der Waals surface area contributed by atoms with Crippen LogP contribution in [0.3, 0.4) is 0 Å². The number of aromatic nitrogens is 2. The van der Waals surface area contributed by atoms with Gasteiger partial charge in [-0.05, 0) is 33.3 Å². The number of ether oxygens (including phenoxy) is 1. The second kappa shape index (κ2) is 5.62. The molecule has 1 aromatic rings. The molecule has 2 heterocycles. The summed E-state index contributed by atoms with van der Waals surface area (Å²) in [6.45, 7) is 6.65. The number of aliphatic hydroxyl groups is 1. The first-order valence-electron chi connectivity index (χ1n) is 6.59. The fourth-order valence-electron chi connectivity index (χ4n) is 1.93. The maximum absolute atomic E-state index is 11.6. The number of rotatable bonds is 2. The number of hydrogen-bond acceptors (Lipinski definition) is 6. The molecule has 1 unspecified atom stereocenters. The molecule has 1 aliphatic heterocycles. The van der Waals surface area contributed by atoms with Gasteiger partial charge < -0.3 is 14.7 Å². The van der Waals surface area contributed by atoms with E-state index in [2.05, 4.69) is 15.3 Å². The normalized spacial score (nSPS) is 19.0. The number of carbonyl (C=O) groups is 1. The molecule has 0 aromatic carbocycles. The molecule has 20 heavy (non-hydrogen) atoms. The minimum atomic E-state index is -0.587. The van der Waals surface area contributed by atoms with Crippen LogP contribution in [0.2, 0.25) is 0 Å². The van der Waals surface area contributed by atoms with Crippen LogP contribution in [0.1, 0.15) is 27.2 Å². The summed E-state index contributed by atoms with van der Waals surface area (Å²) >= 11 is 0. The molecule has 1 aliphatic rings. The van der Waals surface area contributed by atoms with Gasteiger partial charge in [-0.3, -0.25) is 5.32 Å². The summed E-state index contributed by atoms with van der Waals surface area (Å²) < 4.78 is 5.14. The number of β-amino-alcohol motifs (C(OH)–C–C–N with tert-alkyl or cyclic N) is 1. The number of carbonyl (C=O) groups excluding carboxylic acids is 1. The van der Waals surface area contributed by atoms with E-state index in [1.54, 1.807) is 33.0 Å². The fraction of sp³-hybridized carbons (Fsp3) is 0.615. The SMILES string of the molecule is CC(C)(C)OC(=O)Nc1nccc(N2CCC(O)C2)n1. The second-order valence-corrected chi connectivity index (χ2v) is 5.75. The summed E-state index contributed by atoms with van der Waals surface area (Å²) in [6, 6.07) is 1.75. The van der Waals surface area contributed by atoms with Crippen LogP contribution in [0.15, 0.2) is 12.3 Å².